The van der Waals surface area contributed by atoms with E-state index in [1.807, 2.05) is 11.8 Å². The second-order valence-electron chi connectivity index (χ2n) is 7.45. The van der Waals surface area contributed by atoms with Crippen LogP contribution in [0.1, 0.15) is 38.2 Å². The number of halogens is 3. The number of hydrogen-bond acceptors (Lipinski definition) is 2. The highest BCUT2D eigenvalue weighted by atomic mass is 19.4. The Kier molecular flexibility index (Phi) is 5.35. The van der Waals surface area contributed by atoms with E-state index in [9.17, 15) is 22.8 Å². The molecule has 5 nitrogen and oxygen atoms in total. The maximum atomic E-state index is 12.6. The van der Waals surface area contributed by atoms with Gasteiger partial charge in [-0.05, 0) is 43.5 Å². The first-order valence-corrected chi connectivity index (χ1v) is 9.23. The van der Waals surface area contributed by atoms with Gasteiger partial charge >= 0.3 is 12.2 Å². The van der Waals surface area contributed by atoms with Crippen LogP contribution in [0.5, 0.6) is 0 Å². The molecule has 148 valence electrons. The van der Waals surface area contributed by atoms with Crippen LogP contribution in [-0.4, -0.2) is 47.9 Å². The second-order valence-corrected chi connectivity index (χ2v) is 7.45. The van der Waals surface area contributed by atoms with Crippen molar-refractivity contribution in [1.29, 1.82) is 0 Å². The molecule has 1 N–H and O–H groups in total. The van der Waals surface area contributed by atoms with Gasteiger partial charge in [0.1, 0.15) is 0 Å². The molecule has 0 saturated carbocycles. The number of benzene rings is 1. The molecule has 0 radical (unpaired) electrons. The maximum Gasteiger partial charge on any atom is 0.416 e. The van der Waals surface area contributed by atoms with Crippen LogP contribution in [-0.2, 0) is 11.0 Å². The fraction of sp³-hybridized carbons (Fsp3) is 0.579. The SMILES string of the molecule is CCC(=O)N1CCCC2(CCN(C(=O)Nc3ccc(C(F)(F)F)cc3)C2)C1. The quantitative estimate of drug-likeness (QED) is 0.840. The first-order chi connectivity index (χ1) is 12.7. The number of anilines is 1. The van der Waals surface area contributed by atoms with Gasteiger partial charge in [-0.2, -0.15) is 13.2 Å². The van der Waals surface area contributed by atoms with Crippen molar-refractivity contribution >= 4 is 17.6 Å². The summed E-state index contributed by atoms with van der Waals surface area (Å²) in [5.74, 6) is 0.140. The molecule has 1 unspecified atom stereocenters. The second kappa shape index (κ2) is 7.40. The van der Waals surface area contributed by atoms with Crippen molar-refractivity contribution in [3.63, 3.8) is 0 Å². The Morgan fingerprint density at radius 3 is 2.37 bits per heavy atom. The van der Waals surface area contributed by atoms with Crippen LogP contribution in [0.15, 0.2) is 24.3 Å². The summed E-state index contributed by atoms with van der Waals surface area (Å²) in [6.45, 7) is 4.44. The number of carbonyl (C=O) groups excluding carboxylic acids is 2. The summed E-state index contributed by atoms with van der Waals surface area (Å²) in [5, 5.41) is 2.67. The number of alkyl halides is 3. The lowest BCUT2D eigenvalue weighted by Gasteiger charge is -2.40. The zero-order valence-corrected chi connectivity index (χ0v) is 15.3. The lowest BCUT2D eigenvalue weighted by molar-refractivity contribution is -0.137. The number of likely N-dealkylation sites (tertiary alicyclic amines) is 2. The normalized spacial score (nSPS) is 23.0. The zero-order chi connectivity index (χ0) is 19.7. The molecule has 2 saturated heterocycles. The van der Waals surface area contributed by atoms with E-state index >= 15 is 0 Å². The average Bonchev–Trinajstić information content (AvgIpc) is 3.04. The van der Waals surface area contributed by atoms with E-state index in [1.54, 1.807) is 4.90 Å². The number of carbonyl (C=O) groups is 2. The first-order valence-electron chi connectivity index (χ1n) is 9.23. The molecule has 1 spiro atoms. The highest BCUT2D eigenvalue weighted by Crippen LogP contribution is 2.39. The first kappa shape index (κ1) is 19.5. The molecule has 3 rings (SSSR count). The Hall–Kier alpha value is -2.25. The zero-order valence-electron chi connectivity index (χ0n) is 15.3. The Bertz CT molecular complexity index is 705. The van der Waals surface area contributed by atoms with E-state index in [4.69, 9.17) is 0 Å². The predicted molar refractivity (Wildman–Crippen MR) is 95.2 cm³/mol. The summed E-state index contributed by atoms with van der Waals surface area (Å²) in [4.78, 5) is 28.1. The third kappa shape index (κ3) is 4.36. The minimum Gasteiger partial charge on any atom is -0.342 e. The van der Waals surface area contributed by atoms with Gasteiger partial charge in [0.25, 0.3) is 0 Å². The number of nitrogens with zero attached hydrogens (tertiary/aromatic N) is 2. The van der Waals surface area contributed by atoms with Gasteiger partial charge in [0.15, 0.2) is 0 Å². The number of urea groups is 1. The Labute approximate surface area is 156 Å². The van der Waals surface area contributed by atoms with Crippen molar-refractivity contribution in [3.8, 4) is 0 Å². The van der Waals surface area contributed by atoms with Crippen LogP contribution in [0.25, 0.3) is 0 Å². The standard InChI is InChI=1S/C19H24F3N3O2/c1-2-16(26)24-10-3-8-18(12-24)9-11-25(13-18)17(27)23-15-6-4-14(5-7-15)19(20,21)22/h4-7H,2-3,8-13H2,1H3,(H,23,27). The largest absolute Gasteiger partial charge is 0.416 e. The molecule has 2 aliphatic heterocycles. The van der Waals surface area contributed by atoms with Crippen molar-refractivity contribution in [2.45, 2.75) is 38.8 Å². The molecule has 1 aromatic rings. The van der Waals surface area contributed by atoms with Crippen molar-refractivity contribution in [3.05, 3.63) is 29.8 Å². The van der Waals surface area contributed by atoms with Crippen molar-refractivity contribution in [1.82, 2.24) is 9.80 Å². The molecule has 2 heterocycles. The molecule has 1 atom stereocenters. The summed E-state index contributed by atoms with van der Waals surface area (Å²) in [6, 6.07) is 4.11. The van der Waals surface area contributed by atoms with Gasteiger partial charge in [0.05, 0.1) is 5.56 Å². The van der Waals surface area contributed by atoms with Crippen molar-refractivity contribution < 1.29 is 22.8 Å². The van der Waals surface area contributed by atoms with Crippen LogP contribution in [0.3, 0.4) is 0 Å². The molecular formula is C19H24F3N3O2. The lowest BCUT2D eigenvalue weighted by Crippen LogP contribution is -2.47. The van der Waals surface area contributed by atoms with Gasteiger partial charge in [0, 0.05) is 43.7 Å². The fourth-order valence-electron chi connectivity index (χ4n) is 4.03. The van der Waals surface area contributed by atoms with Gasteiger partial charge in [-0.15, -0.1) is 0 Å². The molecule has 27 heavy (non-hydrogen) atoms. The summed E-state index contributed by atoms with van der Waals surface area (Å²) < 4.78 is 37.9. The minimum atomic E-state index is -4.40. The van der Waals surface area contributed by atoms with E-state index in [2.05, 4.69) is 5.32 Å². The molecule has 0 bridgehead atoms. The molecule has 3 amide bonds. The van der Waals surface area contributed by atoms with Gasteiger partial charge in [0.2, 0.25) is 5.91 Å². The van der Waals surface area contributed by atoms with Crippen LogP contribution in [0, 0.1) is 5.41 Å². The average molecular weight is 383 g/mol. The van der Waals surface area contributed by atoms with Crippen molar-refractivity contribution in [2.24, 2.45) is 5.41 Å². The van der Waals surface area contributed by atoms with E-state index in [-0.39, 0.29) is 17.4 Å². The van der Waals surface area contributed by atoms with Crippen LogP contribution in [0.2, 0.25) is 0 Å². The van der Waals surface area contributed by atoms with E-state index in [0.29, 0.717) is 31.7 Å². The van der Waals surface area contributed by atoms with E-state index in [0.717, 1.165) is 37.9 Å². The lowest BCUT2D eigenvalue weighted by atomic mass is 9.79. The summed E-state index contributed by atoms with van der Waals surface area (Å²) in [6.07, 6.45) is -1.17. The van der Waals surface area contributed by atoms with Gasteiger partial charge in [-0.25, -0.2) is 4.79 Å². The molecule has 0 aliphatic carbocycles. The van der Waals surface area contributed by atoms with Crippen molar-refractivity contribution in [2.75, 3.05) is 31.5 Å². The smallest absolute Gasteiger partial charge is 0.342 e. The Morgan fingerprint density at radius 1 is 1.07 bits per heavy atom. The minimum absolute atomic E-state index is 0.0689. The molecule has 1 aromatic carbocycles. The Morgan fingerprint density at radius 2 is 1.74 bits per heavy atom. The molecular weight excluding hydrogens is 359 g/mol. The Balaban J connectivity index is 1.60. The van der Waals surface area contributed by atoms with Crippen LogP contribution >= 0.6 is 0 Å². The maximum absolute atomic E-state index is 12.6. The summed E-state index contributed by atoms with van der Waals surface area (Å²) >= 11 is 0. The number of hydrogen-bond donors (Lipinski definition) is 1. The molecule has 8 heteroatoms. The predicted octanol–water partition coefficient (Wildman–Crippen LogP) is 3.96. The summed E-state index contributed by atoms with van der Waals surface area (Å²) in [5.41, 5.74) is -0.482. The summed E-state index contributed by atoms with van der Waals surface area (Å²) in [7, 11) is 0. The number of rotatable bonds is 2. The molecule has 0 aromatic heterocycles. The van der Waals surface area contributed by atoms with Gasteiger partial charge < -0.3 is 15.1 Å². The van der Waals surface area contributed by atoms with Crippen LogP contribution < -0.4 is 5.32 Å². The van der Waals surface area contributed by atoms with Crippen LogP contribution in [0.4, 0.5) is 23.7 Å². The van der Waals surface area contributed by atoms with E-state index < -0.39 is 11.7 Å². The third-order valence-corrected chi connectivity index (χ3v) is 5.51. The highest BCUT2D eigenvalue weighted by Gasteiger charge is 2.43. The molecule has 2 aliphatic rings. The van der Waals surface area contributed by atoms with Gasteiger partial charge in [-0.1, -0.05) is 6.92 Å². The number of nitrogens with one attached hydrogen (secondary N) is 1. The van der Waals surface area contributed by atoms with E-state index in [1.165, 1.54) is 12.1 Å². The number of piperidine rings is 1. The monoisotopic (exact) mass is 383 g/mol. The highest BCUT2D eigenvalue weighted by molar-refractivity contribution is 5.89. The topological polar surface area (TPSA) is 52.7 Å². The third-order valence-electron chi connectivity index (χ3n) is 5.51. The fourth-order valence-corrected chi connectivity index (χ4v) is 4.03. The number of amides is 3. The molecule has 2 fully saturated rings. The van der Waals surface area contributed by atoms with Gasteiger partial charge in [-0.3, -0.25) is 4.79 Å².